The van der Waals surface area contributed by atoms with Crippen molar-refractivity contribution in [3.8, 4) is 11.9 Å². The highest BCUT2D eigenvalue weighted by Crippen LogP contribution is 2.33. The molecule has 1 aliphatic heterocycles. The van der Waals surface area contributed by atoms with Crippen LogP contribution in [0.3, 0.4) is 0 Å². The summed E-state index contributed by atoms with van der Waals surface area (Å²) in [6.45, 7) is 3.18. The number of pyridine rings is 2. The number of ether oxygens (including phenoxy) is 3. The molecule has 11 heteroatoms. The summed E-state index contributed by atoms with van der Waals surface area (Å²) in [5.41, 5.74) is 3.64. The zero-order valence-corrected chi connectivity index (χ0v) is 24.3. The molecule has 0 N–H and O–H groups in total. The molecule has 9 nitrogen and oxygen atoms in total. The van der Waals surface area contributed by atoms with Crippen LogP contribution >= 0.6 is 0 Å². The third-order valence-corrected chi connectivity index (χ3v) is 8.02. The molecule has 0 bridgehead atoms. The molecular formula is C33H31F2N5O4. The molecule has 2 aliphatic rings. The Hall–Kier alpha value is -4.69. The van der Waals surface area contributed by atoms with E-state index in [0.29, 0.717) is 23.8 Å². The van der Waals surface area contributed by atoms with E-state index in [-0.39, 0.29) is 42.0 Å². The molecule has 2 atom stereocenters. The first-order valence-corrected chi connectivity index (χ1v) is 14.7. The number of hydrogen-bond donors (Lipinski definition) is 0. The van der Waals surface area contributed by atoms with Gasteiger partial charge in [0.15, 0.2) is 17.2 Å². The summed E-state index contributed by atoms with van der Waals surface area (Å²) in [5.74, 6) is -0.668. The first kappa shape index (κ1) is 29.4. The number of carbonyl (C=O) groups excluding carboxylic acids is 1. The molecular weight excluding hydrogens is 568 g/mol. The third kappa shape index (κ3) is 6.31. The number of carbonyl (C=O) groups is 1. The molecule has 0 amide bonds. The van der Waals surface area contributed by atoms with Crippen LogP contribution in [-0.2, 0) is 29.0 Å². The maximum Gasteiger partial charge on any atom is 0.357 e. The van der Waals surface area contributed by atoms with Gasteiger partial charge in [-0.25, -0.2) is 28.5 Å². The number of allylic oxidation sites excluding steroid dienone is 2. The summed E-state index contributed by atoms with van der Waals surface area (Å²) >= 11 is 0. The van der Waals surface area contributed by atoms with Crippen LogP contribution in [0.2, 0.25) is 0 Å². The second-order valence-electron chi connectivity index (χ2n) is 10.9. The number of esters is 1. The molecule has 1 unspecified atom stereocenters. The quantitative estimate of drug-likeness (QED) is 0.206. The van der Waals surface area contributed by atoms with Gasteiger partial charge in [0.1, 0.15) is 23.8 Å². The summed E-state index contributed by atoms with van der Waals surface area (Å²) in [5, 5.41) is 8.93. The molecule has 44 heavy (non-hydrogen) atoms. The maximum atomic E-state index is 14.5. The lowest BCUT2D eigenvalue weighted by Gasteiger charge is -2.28. The van der Waals surface area contributed by atoms with E-state index >= 15 is 0 Å². The molecule has 1 fully saturated rings. The lowest BCUT2D eigenvalue weighted by atomic mass is 9.86. The number of hydrogen-bond acceptors (Lipinski definition) is 8. The molecule has 1 aliphatic carbocycles. The van der Waals surface area contributed by atoms with E-state index in [1.54, 1.807) is 19.1 Å². The number of benzene rings is 1. The van der Waals surface area contributed by atoms with Gasteiger partial charge in [-0.1, -0.05) is 12.1 Å². The SMILES string of the molecule is CCOC(=O)c1ccc2nc(CC3CC=C(c4ccc(F)c(OCc5ccc(C#N)cc5F)n4)CC3)n(C[C@@H]3CCO3)c2n1. The minimum Gasteiger partial charge on any atom is -0.471 e. The van der Waals surface area contributed by atoms with E-state index in [2.05, 4.69) is 20.6 Å². The van der Waals surface area contributed by atoms with Crippen LogP contribution in [0, 0.1) is 28.9 Å². The molecule has 4 heterocycles. The van der Waals surface area contributed by atoms with Gasteiger partial charge in [-0.2, -0.15) is 5.26 Å². The Morgan fingerprint density at radius 1 is 1.11 bits per heavy atom. The van der Waals surface area contributed by atoms with Crippen LogP contribution in [0.4, 0.5) is 8.78 Å². The van der Waals surface area contributed by atoms with Crippen molar-refractivity contribution in [3.63, 3.8) is 0 Å². The molecule has 4 aromatic rings. The van der Waals surface area contributed by atoms with Crippen molar-refractivity contribution in [1.82, 2.24) is 19.5 Å². The first-order valence-electron chi connectivity index (χ1n) is 14.7. The normalized spacial score (nSPS) is 17.9. The van der Waals surface area contributed by atoms with Gasteiger partial charge in [0, 0.05) is 18.6 Å². The fourth-order valence-electron chi connectivity index (χ4n) is 5.50. The van der Waals surface area contributed by atoms with E-state index < -0.39 is 17.6 Å². The highest BCUT2D eigenvalue weighted by Gasteiger charge is 2.26. The smallest absolute Gasteiger partial charge is 0.357 e. The first-order chi connectivity index (χ1) is 21.4. The van der Waals surface area contributed by atoms with Gasteiger partial charge in [-0.3, -0.25) is 0 Å². The largest absolute Gasteiger partial charge is 0.471 e. The van der Waals surface area contributed by atoms with Gasteiger partial charge in [0.05, 0.1) is 36.6 Å². The second kappa shape index (κ2) is 12.9. The van der Waals surface area contributed by atoms with Crippen molar-refractivity contribution in [3.05, 3.63) is 88.5 Å². The summed E-state index contributed by atoms with van der Waals surface area (Å²) < 4.78 is 47.2. The van der Waals surface area contributed by atoms with Crippen LogP contribution in [0.1, 0.15) is 65.7 Å². The monoisotopic (exact) mass is 599 g/mol. The second-order valence-corrected chi connectivity index (χ2v) is 10.9. The van der Waals surface area contributed by atoms with Crippen LogP contribution in [-0.4, -0.2) is 44.8 Å². The molecule has 6 rings (SSSR count). The zero-order chi connectivity index (χ0) is 30.6. The van der Waals surface area contributed by atoms with Crippen molar-refractivity contribution < 1.29 is 27.8 Å². The summed E-state index contributed by atoms with van der Waals surface area (Å²) in [7, 11) is 0. The Morgan fingerprint density at radius 2 is 1.98 bits per heavy atom. The Balaban J connectivity index is 1.16. The van der Waals surface area contributed by atoms with Crippen molar-refractivity contribution in [1.29, 1.82) is 5.26 Å². The predicted molar refractivity (Wildman–Crippen MR) is 157 cm³/mol. The van der Waals surface area contributed by atoms with Crippen LogP contribution in [0.25, 0.3) is 16.7 Å². The lowest BCUT2D eigenvalue weighted by Crippen LogP contribution is -2.32. The highest BCUT2D eigenvalue weighted by molar-refractivity contribution is 5.89. The Morgan fingerprint density at radius 3 is 2.68 bits per heavy atom. The minimum atomic E-state index is -0.633. The van der Waals surface area contributed by atoms with E-state index in [1.807, 2.05) is 12.1 Å². The molecule has 226 valence electrons. The molecule has 0 saturated carbocycles. The van der Waals surface area contributed by atoms with Gasteiger partial charge in [0.2, 0.25) is 0 Å². The van der Waals surface area contributed by atoms with E-state index in [1.165, 1.54) is 18.2 Å². The van der Waals surface area contributed by atoms with Crippen LogP contribution < -0.4 is 4.74 Å². The average Bonchev–Trinajstić information content (AvgIpc) is 3.35. The van der Waals surface area contributed by atoms with E-state index in [4.69, 9.17) is 24.5 Å². The van der Waals surface area contributed by atoms with E-state index in [9.17, 15) is 13.6 Å². The fraction of sp³-hybridized carbons (Fsp3) is 0.364. The number of imidazole rings is 1. The van der Waals surface area contributed by atoms with E-state index in [0.717, 1.165) is 61.7 Å². The third-order valence-electron chi connectivity index (χ3n) is 8.02. The van der Waals surface area contributed by atoms with Crippen molar-refractivity contribution in [2.45, 2.75) is 58.3 Å². The number of aromatic nitrogens is 4. The Labute approximate surface area is 253 Å². The van der Waals surface area contributed by atoms with Gasteiger partial charge in [-0.15, -0.1) is 0 Å². The molecule has 3 aromatic heterocycles. The van der Waals surface area contributed by atoms with Crippen molar-refractivity contribution >= 4 is 22.7 Å². The average molecular weight is 600 g/mol. The van der Waals surface area contributed by atoms with Gasteiger partial charge >= 0.3 is 5.97 Å². The number of nitriles is 1. The topological polar surface area (TPSA) is 112 Å². The maximum absolute atomic E-state index is 14.5. The zero-order valence-electron chi connectivity index (χ0n) is 24.3. The highest BCUT2D eigenvalue weighted by atomic mass is 19.1. The summed E-state index contributed by atoms with van der Waals surface area (Å²) in [6, 6.07) is 12.3. The summed E-state index contributed by atoms with van der Waals surface area (Å²) in [6.07, 6.45) is 6.30. The molecule has 0 spiro atoms. The van der Waals surface area contributed by atoms with Gasteiger partial charge in [-0.05, 0) is 80.5 Å². The number of rotatable bonds is 10. The van der Waals surface area contributed by atoms with Gasteiger partial charge in [0.25, 0.3) is 5.88 Å². The molecule has 1 aromatic carbocycles. The predicted octanol–water partition coefficient (Wildman–Crippen LogP) is 5.95. The number of nitrogens with zero attached hydrogens (tertiary/aromatic N) is 5. The molecule has 1 saturated heterocycles. The standard InChI is InChI=1S/C33H31F2N5O4/c1-2-42-33(41)29-12-11-28-31(38-29)40(18-24-13-14-43-24)30(37-28)16-20-3-6-22(7-4-20)27-10-9-25(34)32(39-27)44-19-23-8-5-21(17-36)15-26(23)35/h5-6,8-12,15,20,24H,2-4,7,13-14,16,18-19H2,1H3/t20?,24-/m0/s1. The minimum absolute atomic E-state index is 0.0893. The Bertz CT molecular complexity index is 1780. The van der Waals surface area contributed by atoms with Crippen LogP contribution in [0.15, 0.2) is 48.5 Å². The summed E-state index contributed by atoms with van der Waals surface area (Å²) in [4.78, 5) is 26.2. The fourth-order valence-corrected chi connectivity index (χ4v) is 5.50. The molecule has 0 radical (unpaired) electrons. The van der Waals surface area contributed by atoms with Crippen molar-refractivity contribution in [2.24, 2.45) is 5.92 Å². The van der Waals surface area contributed by atoms with Crippen molar-refractivity contribution in [2.75, 3.05) is 13.2 Å². The lowest BCUT2D eigenvalue weighted by molar-refractivity contribution is -0.0591. The number of halogens is 2. The Kier molecular flexibility index (Phi) is 8.61. The number of fused-ring (bicyclic) bond motifs is 1. The van der Waals surface area contributed by atoms with Crippen LogP contribution in [0.5, 0.6) is 5.88 Å². The van der Waals surface area contributed by atoms with Gasteiger partial charge < -0.3 is 18.8 Å².